The minimum Gasteiger partial charge on any atom is -0.359 e. The van der Waals surface area contributed by atoms with Crippen molar-refractivity contribution in [1.29, 1.82) is 0 Å². The lowest BCUT2D eigenvalue weighted by molar-refractivity contribution is -0.144. The lowest BCUT2D eigenvalue weighted by Gasteiger charge is -2.31. The lowest BCUT2D eigenvalue weighted by atomic mass is 9.71. The second-order valence-electron chi connectivity index (χ2n) is 7.31. The zero-order chi connectivity index (χ0) is 19.8. The van der Waals surface area contributed by atoms with Crippen molar-refractivity contribution < 1.29 is 38.1 Å². The molecule has 0 heterocycles. The van der Waals surface area contributed by atoms with E-state index in [-0.39, 0.29) is 93.9 Å². The summed E-state index contributed by atoms with van der Waals surface area (Å²) in [5.41, 5.74) is 0. The molecular weight excluding hydrogens is 356 g/mol. The first kappa shape index (κ1) is 21.8. The highest BCUT2D eigenvalue weighted by Gasteiger charge is 2.42. The van der Waals surface area contributed by atoms with Crippen molar-refractivity contribution in [2.45, 2.75) is 32.1 Å². The summed E-state index contributed by atoms with van der Waals surface area (Å²) in [6, 6.07) is 0. The molecule has 8 heteroatoms. The van der Waals surface area contributed by atoms with E-state index in [1.165, 1.54) is 14.2 Å². The van der Waals surface area contributed by atoms with E-state index in [0.29, 0.717) is 0 Å². The van der Waals surface area contributed by atoms with Crippen molar-refractivity contribution in [3.8, 4) is 0 Å². The number of Topliss-reactive ketones (excluding diaryl/α,β-unsaturated/α-hetero) is 4. The second kappa shape index (κ2) is 10.8. The Kier molecular flexibility index (Phi) is 8.69. The molecule has 152 valence electrons. The van der Waals surface area contributed by atoms with Crippen LogP contribution < -0.4 is 0 Å². The van der Waals surface area contributed by atoms with Gasteiger partial charge in [0.05, 0.1) is 25.0 Å². The molecule has 2 aliphatic carbocycles. The molecule has 2 aliphatic rings. The van der Waals surface area contributed by atoms with Gasteiger partial charge in [0.2, 0.25) is 0 Å². The molecule has 2 saturated carbocycles. The average molecular weight is 384 g/mol. The van der Waals surface area contributed by atoms with E-state index in [1.54, 1.807) is 0 Å². The van der Waals surface area contributed by atoms with Gasteiger partial charge in [0.25, 0.3) is 0 Å². The largest absolute Gasteiger partial charge is 0.359 e. The molecule has 8 nitrogen and oxygen atoms in total. The third-order valence-electron chi connectivity index (χ3n) is 5.09. The van der Waals surface area contributed by atoms with Gasteiger partial charge < -0.3 is 18.9 Å². The van der Waals surface area contributed by atoms with Gasteiger partial charge in [-0.1, -0.05) is 0 Å². The molecule has 2 rings (SSSR count). The van der Waals surface area contributed by atoms with E-state index in [4.69, 9.17) is 18.9 Å². The molecule has 0 radical (unpaired) electrons. The summed E-state index contributed by atoms with van der Waals surface area (Å²) in [5, 5.41) is 0. The van der Waals surface area contributed by atoms with Crippen LogP contribution in [0, 0.1) is 23.7 Å². The maximum Gasteiger partial charge on any atom is 0.146 e. The van der Waals surface area contributed by atoms with E-state index in [2.05, 4.69) is 0 Å². The normalized spacial score (nSPS) is 29.4. The van der Waals surface area contributed by atoms with Crippen molar-refractivity contribution >= 4 is 23.1 Å². The molecule has 0 saturated heterocycles. The molecule has 0 atom stereocenters. The molecule has 0 aliphatic heterocycles. The van der Waals surface area contributed by atoms with Gasteiger partial charge >= 0.3 is 0 Å². The van der Waals surface area contributed by atoms with Crippen LogP contribution in [0.25, 0.3) is 0 Å². The molecule has 0 amide bonds. The van der Waals surface area contributed by atoms with E-state index in [1.807, 2.05) is 0 Å². The monoisotopic (exact) mass is 384 g/mol. The molecule has 0 aromatic heterocycles. The van der Waals surface area contributed by atoms with E-state index in [0.717, 1.165) is 0 Å². The fourth-order valence-corrected chi connectivity index (χ4v) is 3.80. The summed E-state index contributed by atoms with van der Waals surface area (Å²) >= 11 is 0. The smallest absolute Gasteiger partial charge is 0.146 e. The number of rotatable bonds is 10. The first-order valence-electron chi connectivity index (χ1n) is 9.20. The van der Waals surface area contributed by atoms with Crippen molar-refractivity contribution in [2.24, 2.45) is 23.7 Å². The van der Waals surface area contributed by atoms with Crippen molar-refractivity contribution in [3.05, 3.63) is 0 Å². The van der Waals surface area contributed by atoms with Crippen LogP contribution in [-0.4, -0.2) is 64.2 Å². The molecule has 0 unspecified atom stereocenters. The summed E-state index contributed by atoms with van der Waals surface area (Å²) in [4.78, 5) is 49.6. The summed E-state index contributed by atoms with van der Waals surface area (Å²) < 4.78 is 20.0. The lowest BCUT2D eigenvalue weighted by Crippen LogP contribution is -2.41. The third kappa shape index (κ3) is 6.27. The van der Waals surface area contributed by atoms with Crippen LogP contribution in [0.5, 0.6) is 0 Å². The summed E-state index contributed by atoms with van der Waals surface area (Å²) in [6.45, 7) is 0.788. The molecule has 0 N–H and O–H groups in total. The number of hydrogen-bond acceptors (Lipinski definition) is 8. The van der Waals surface area contributed by atoms with Crippen LogP contribution in [0.4, 0.5) is 0 Å². The van der Waals surface area contributed by atoms with Crippen molar-refractivity contribution in [1.82, 2.24) is 0 Å². The molecule has 27 heavy (non-hydrogen) atoms. The van der Waals surface area contributed by atoms with Crippen LogP contribution in [-0.2, 0) is 38.1 Å². The fraction of sp³-hybridized carbons (Fsp3) is 0.789. The van der Waals surface area contributed by atoms with Gasteiger partial charge in [0.1, 0.15) is 36.7 Å². The zero-order valence-electron chi connectivity index (χ0n) is 15.9. The van der Waals surface area contributed by atoms with Crippen molar-refractivity contribution in [2.75, 3.05) is 41.0 Å². The molecule has 0 aromatic rings. The fourth-order valence-electron chi connectivity index (χ4n) is 3.80. The number of hydrogen-bond donors (Lipinski definition) is 0. The first-order chi connectivity index (χ1) is 13.0. The Morgan fingerprint density at radius 1 is 0.667 bits per heavy atom. The van der Waals surface area contributed by atoms with Crippen LogP contribution in [0.3, 0.4) is 0 Å². The Hall–Kier alpha value is -1.48. The Balaban J connectivity index is 1.87. The highest BCUT2D eigenvalue weighted by atomic mass is 16.7. The Labute approximate surface area is 158 Å². The number of carbonyl (C=O) groups excluding carboxylic acids is 4. The standard InChI is InChI=1S/C19H28O8/c1-24-10-26-8-12-3-16(20)14(17(21)4-12)7-15-18(22)5-13(6-19(15)23)9-27-11-25-2/h12-15H,3-11H2,1-2H3. The SMILES string of the molecule is COCOCC1CC(=O)C(CC2C(=O)CC(COCOC)CC2=O)C(=O)C1. The van der Waals surface area contributed by atoms with Gasteiger partial charge in [-0.15, -0.1) is 0 Å². The minimum absolute atomic E-state index is 0.00658. The predicted octanol–water partition coefficient (Wildman–Crippen LogP) is 0.946. The highest BCUT2D eigenvalue weighted by Crippen LogP contribution is 2.33. The Morgan fingerprint density at radius 2 is 1.00 bits per heavy atom. The van der Waals surface area contributed by atoms with Crippen LogP contribution in [0.2, 0.25) is 0 Å². The molecule has 0 aromatic carbocycles. The Bertz CT molecular complexity index is 474. The predicted molar refractivity (Wildman–Crippen MR) is 92.7 cm³/mol. The topological polar surface area (TPSA) is 105 Å². The maximum atomic E-state index is 12.4. The second-order valence-corrected chi connectivity index (χ2v) is 7.31. The minimum atomic E-state index is -0.858. The van der Waals surface area contributed by atoms with Gasteiger partial charge in [-0.05, 0) is 18.3 Å². The van der Waals surface area contributed by atoms with E-state index in [9.17, 15) is 19.2 Å². The van der Waals surface area contributed by atoms with Gasteiger partial charge in [0.15, 0.2) is 0 Å². The first-order valence-corrected chi connectivity index (χ1v) is 9.20. The number of carbonyl (C=O) groups is 4. The molecule has 2 fully saturated rings. The average Bonchev–Trinajstić information content (AvgIpc) is 2.60. The van der Waals surface area contributed by atoms with Crippen molar-refractivity contribution in [3.63, 3.8) is 0 Å². The highest BCUT2D eigenvalue weighted by molar-refractivity contribution is 6.08. The number of methoxy groups -OCH3 is 2. The van der Waals surface area contributed by atoms with Crippen LogP contribution in [0.1, 0.15) is 32.1 Å². The molecule has 0 bridgehead atoms. The number of ether oxygens (including phenoxy) is 4. The summed E-state index contributed by atoms with van der Waals surface area (Å²) in [7, 11) is 3.00. The zero-order valence-corrected chi connectivity index (χ0v) is 15.9. The van der Waals surface area contributed by atoms with E-state index >= 15 is 0 Å². The summed E-state index contributed by atoms with van der Waals surface area (Å²) in [5.74, 6) is -2.88. The molecular formula is C19H28O8. The maximum absolute atomic E-state index is 12.4. The van der Waals surface area contributed by atoms with Crippen LogP contribution >= 0.6 is 0 Å². The summed E-state index contributed by atoms with van der Waals surface area (Å²) in [6.07, 6.45) is 0.906. The third-order valence-corrected chi connectivity index (χ3v) is 5.09. The van der Waals surface area contributed by atoms with Gasteiger partial charge in [-0.3, -0.25) is 19.2 Å². The van der Waals surface area contributed by atoms with Gasteiger partial charge in [0, 0.05) is 39.9 Å². The quantitative estimate of drug-likeness (QED) is 0.311. The Morgan fingerprint density at radius 3 is 1.30 bits per heavy atom. The number of ketones is 4. The van der Waals surface area contributed by atoms with Gasteiger partial charge in [-0.25, -0.2) is 0 Å². The van der Waals surface area contributed by atoms with Gasteiger partial charge in [-0.2, -0.15) is 0 Å². The van der Waals surface area contributed by atoms with E-state index < -0.39 is 11.8 Å². The van der Waals surface area contributed by atoms with Crippen LogP contribution in [0.15, 0.2) is 0 Å². The molecule has 0 spiro atoms.